The SMILES string of the molecule is CC(C)C1=CC=CC1.[La]. The molecule has 0 atom stereocenters. The van der Waals surface area contributed by atoms with Gasteiger partial charge in [0.05, 0.1) is 0 Å². The van der Waals surface area contributed by atoms with E-state index < -0.39 is 0 Å². The fraction of sp³-hybridized carbons (Fsp3) is 0.500. The van der Waals surface area contributed by atoms with E-state index >= 15 is 0 Å². The molecular weight excluding hydrogens is 235 g/mol. The van der Waals surface area contributed by atoms with Gasteiger partial charge >= 0.3 is 0 Å². The van der Waals surface area contributed by atoms with Crippen molar-refractivity contribution >= 4 is 0 Å². The zero-order valence-corrected chi connectivity index (χ0v) is 9.72. The monoisotopic (exact) mass is 247 g/mol. The average molecular weight is 247 g/mol. The Morgan fingerprint density at radius 3 is 2.33 bits per heavy atom. The first-order chi connectivity index (χ1) is 3.80. The molecule has 0 aromatic rings. The molecule has 9 heavy (non-hydrogen) atoms. The van der Waals surface area contributed by atoms with Gasteiger partial charge < -0.3 is 0 Å². The second-order valence-corrected chi connectivity index (χ2v) is 2.53. The molecule has 0 heterocycles. The summed E-state index contributed by atoms with van der Waals surface area (Å²) in [6.45, 7) is 4.47. The van der Waals surface area contributed by atoms with Gasteiger partial charge in [-0.3, -0.25) is 0 Å². The van der Waals surface area contributed by atoms with Crippen LogP contribution in [0.4, 0.5) is 0 Å². The number of allylic oxidation sites excluding steroid dienone is 4. The van der Waals surface area contributed by atoms with Gasteiger partial charge in [-0.25, -0.2) is 0 Å². The molecule has 0 aromatic carbocycles. The Labute approximate surface area is 85.0 Å². The van der Waals surface area contributed by atoms with E-state index in [1.54, 1.807) is 5.57 Å². The van der Waals surface area contributed by atoms with Crippen LogP contribution in [-0.4, -0.2) is 0 Å². The zero-order chi connectivity index (χ0) is 5.98. The molecule has 1 aliphatic carbocycles. The van der Waals surface area contributed by atoms with Crippen LogP contribution in [0, 0.1) is 41.5 Å². The Morgan fingerprint density at radius 1 is 1.44 bits per heavy atom. The summed E-state index contributed by atoms with van der Waals surface area (Å²) >= 11 is 0. The average Bonchev–Trinajstić information content (AvgIpc) is 2.12. The van der Waals surface area contributed by atoms with Crippen molar-refractivity contribution in [2.75, 3.05) is 0 Å². The molecule has 0 N–H and O–H groups in total. The third kappa shape index (κ3) is 2.84. The minimum absolute atomic E-state index is 0. The van der Waals surface area contributed by atoms with Crippen molar-refractivity contribution in [2.45, 2.75) is 20.3 Å². The van der Waals surface area contributed by atoms with E-state index in [0.29, 0.717) is 0 Å². The summed E-state index contributed by atoms with van der Waals surface area (Å²) in [6.07, 6.45) is 7.73. The molecule has 0 bridgehead atoms. The molecule has 0 unspecified atom stereocenters. The Morgan fingerprint density at radius 2 is 2.11 bits per heavy atom. The predicted octanol–water partition coefficient (Wildman–Crippen LogP) is 2.53. The molecule has 0 saturated carbocycles. The summed E-state index contributed by atoms with van der Waals surface area (Å²) in [5.41, 5.74) is 1.56. The van der Waals surface area contributed by atoms with Crippen molar-refractivity contribution in [3.63, 3.8) is 0 Å². The number of hydrogen-bond acceptors (Lipinski definition) is 0. The van der Waals surface area contributed by atoms with Gasteiger partial charge in [0.2, 0.25) is 0 Å². The minimum Gasteiger partial charge on any atom is -0.0805 e. The van der Waals surface area contributed by atoms with Gasteiger partial charge in [0.15, 0.2) is 0 Å². The predicted molar refractivity (Wildman–Crippen MR) is 36.7 cm³/mol. The van der Waals surface area contributed by atoms with Gasteiger partial charge in [-0.2, -0.15) is 0 Å². The smallest absolute Gasteiger partial charge is 0 e. The second-order valence-electron chi connectivity index (χ2n) is 2.53. The van der Waals surface area contributed by atoms with Crippen LogP contribution in [0.15, 0.2) is 23.8 Å². The minimum atomic E-state index is 0. The van der Waals surface area contributed by atoms with Crippen LogP contribution in [0.25, 0.3) is 0 Å². The summed E-state index contributed by atoms with van der Waals surface area (Å²) in [7, 11) is 0. The molecule has 1 aliphatic rings. The van der Waals surface area contributed by atoms with Crippen molar-refractivity contribution in [3.8, 4) is 0 Å². The first kappa shape index (κ1) is 9.67. The van der Waals surface area contributed by atoms with Crippen molar-refractivity contribution < 1.29 is 35.6 Å². The quantitative estimate of drug-likeness (QED) is 0.667. The van der Waals surface area contributed by atoms with Crippen LogP contribution in [0.3, 0.4) is 0 Å². The van der Waals surface area contributed by atoms with E-state index in [9.17, 15) is 0 Å². The second kappa shape index (κ2) is 4.48. The summed E-state index contributed by atoms with van der Waals surface area (Å²) < 4.78 is 0. The molecule has 0 spiro atoms. The van der Waals surface area contributed by atoms with E-state index in [1.807, 2.05) is 0 Å². The van der Waals surface area contributed by atoms with Gasteiger partial charge in [0.1, 0.15) is 0 Å². The third-order valence-electron chi connectivity index (χ3n) is 1.54. The molecule has 1 heteroatoms. The van der Waals surface area contributed by atoms with E-state index in [-0.39, 0.29) is 35.6 Å². The summed E-state index contributed by atoms with van der Waals surface area (Å²) in [6, 6.07) is 0. The maximum absolute atomic E-state index is 2.23. The molecule has 0 saturated heterocycles. The van der Waals surface area contributed by atoms with Crippen molar-refractivity contribution in [1.82, 2.24) is 0 Å². The summed E-state index contributed by atoms with van der Waals surface area (Å²) in [4.78, 5) is 0. The molecule has 0 aromatic heterocycles. The van der Waals surface area contributed by atoms with Crippen LogP contribution >= 0.6 is 0 Å². The summed E-state index contributed by atoms with van der Waals surface area (Å²) in [5, 5.41) is 0. The van der Waals surface area contributed by atoms with Crippen molar-refractivity contribution in [2.24, 2.45) is 5.92 Å². The Kier molecular flexibility index (Phi) is 4.82. The van der Waals surface area contributed by atoms with Gasteiger partial charge in [0, 0.05) is 35.6 Å². The fourth-order valence-corrected chi connectivity index (χ4v) is 0.892. The number of rotatable bonds is 1. The van der Waals surface area contributed by atoms with Crippen LogP contribution in [-0.2, 0) is 0 Å². The standard InChI is InChI=1S/C8H12.La/c1-7(2)8-5-3-4-6-8;/h3-5,7H,6H2,1-2H3;. The fourth-order valence-electron chi connectivity index (χ4n) is 0.892. The maximum Gasteiger partial charge on any atom is 0 e. The summed E-state index contributed by atoms with van der Waals surface area (Å²) in [5.74, 6) is 0.741. The zero-order valence-electron chi connectivity index (χ0n) is 6.09. The molecular formula is C8H12La. The third-order valence-corrected chi connectivity index (χ3v) is 1.54. The van der Waals surface area contributed by atoms with E-state index in [1.165, 1.54) is 6.42 Å². The van der Waals surface area contributed by atoms with Crippen LogP contribution in [0.2, 0.25) is 0 Å². The topological polar surface area (TPSA) is 0 Å². The molecule has 0 amide bonds. The van der Waals surface area contributed by atoms with Crippen molar-refractivity contribution in [1.29, 1.82) is 0 Å². The molecule has 0 nitrogen and oxygen atoms in total. The molecule has 0 fully saturated rings. The largest absolute Gasteiger partial charge is 0.0805 e. The van der Waals surface area contributed by atoms with Crippen LogP contribution < -0.4 is 0 Å². The van der Waals surface area contributed by atoms with Gasteiger partial charge in [0.25, 0.3) is 0 Å². The maximum atomic E-state index is 2.23. The van der Waals surface area contributed by atoms with E-state index in [2.05, 4.69) is 32.1 Å². The number of hydrogen-bond donors (Lipinski definition) is 0. The Balaban J connectivity index is 0.000000640. The van der Waals surface area contributed by atoms with E-state index in [0.717, 1.165) is 5.92 Å². The Hall–Kier alpha value is 0.675. The normalized spacial score (nSPS) is 15.7. The first-order valence-electron chi connectivity index (χ1n) is 3.16. The van der Waals surface area contributed by atoms with Crippen molar-refractivity contribution in [3.05, 3.63) is 23.8 Å². The molecule has 1 radical (unpaired) electrons. The van der Waals surface area contributed by atoms with Gasteiger partial charge in [-0.1, -0.05) is 37.6 Å². The first-order valence-corrected chi connectivity index (χ1v) is 3.16. The molecule has 1 rings (SSSR count). The van der Waals surface area contributed by atoms with E-state index in [4.69, 9.17) is 0 Å². The molecule has 47 valence electrons. The van der Waals surface area contributed by atoms with Crippen LogP contribution in [0.1, 0.15) is 20.3 Å². The van der Waals surface area contributed by atoms with Crippen LogP contribution in [0.5, 0.6) is 0 Å². The molecule has 0 aliphatic heterocycles. The van der Waals surface area contributed by atoms with Gasteiger partial charge in [-0.15, -0.1) is 0 Å². The van der Waals surface area contributed by atoms with Gasteiger partial charge in [-0.05, 0) is 12.3 Å². The Bertz CT molecular complexity index is 132.